The average Bonchev–Trinajstić information content (AvgIpc) is 2.35. The van der Waals surface area contributed by atoms with E-state index < -0.39 is 0 Å². The molecule has 0 aromatic heterocycles. The van der Waals surface area contributed by atoms with E-state index in [9.17, 15) is 4.39 Å². The van der Waals surface area contributed by atoms with Crippen molar-refractivity contribution in [2.75, 3.05) is 18.2 Å². The highest BCUT2D eigenvalue weighted by atomic mass is 19.1. The maximum atomic E-state index is 13.5. The van der Waals surface area contributed by atoms with Crippen molar-refractivity contribution in [2.24, 2.45) is 0 Å². The maximum Gasteiger partial charge on any atom is 0.146 e. The van der Waals surface area contributed by atoms with Crippen LogP contribution < -0.4 is 15.8 Å². The first-order chi connectivity index (χ1) is 8.19. The van der Waals surface area contributed by atoms with E-state index in [4.69, 9.17) is 10.5 Å². The second-order valence-corrected chi connectivity index (χ2v) is 3.59. The molecule has 0 saturated heterocycles. The molecule has 2 aromatic carbocycles. The van der Waals surface area contributed by atoms with E-state index in [1.54, 1.807) is 25.3 Å². The standard InChI is InChI=1S/C13H13FN2O/c1-17-11-5-3-10(4-6-11)16-13-8-9(15)2-7-12(13)14/h2-8,16H,15H2,1H3. The fourth-order valence-corrected chi connectivity index (χ4v) is 1.47. The van der Waals surface area contributed by atoms with Gasteiger partial charge in [-0.15, -0.1) is 0 Å². The molecule has 0 unspecified atom stereocenters. The van der Waals surface area contributed by atoms with Crippen LogP contribution in [-0.4, -0.2) is 7.11 Å². The fraction of sp³-hybridized carbons (Fsp3) is 0.0769. The Morgan fingerprint density at radius 1 is 1.12 bits per heavy atom. The van der Waals surface area contributed by atoms with Gasteiger partial charge in [-0.2, -0.15) is 0 Å². The highest BCUT2D eigenvalue weighted by Gasteiger charge is 2.02. The van der Waals surface area contributed by atoms with Crippen molar-refractivity contribution in [2.45, 2.75) is 0 Å². The van der Waals surface area contributed by atoms with E-state index in [0.717, 1.165) is 11.4 Å². The van der Waals surface area contributed by atoms with Crippen molar-refractivity contribution in [1.82, 2.24) is 0 Å². The third kappa shape index (κ3) is 2.66. The molecule has 0 saturated carbocycles. The molecule has 17 heavy (non-hydrogen) atoms. The quantitative estimate of drug-likeness (QED) is 0.799. The summed E-state index contributed by atoms with van der Waals surface area (Å²) < 4.78 is 18.5. The highest BCUT2D eigenvalue weighted by molar-refractivity contribution is 5.64. The molecule has 3 N–H and O–H groups in total. The Hall–Kier alpha value is -2.23. The molecule has 0 aliphatic rings. The summed E-state index contributed by atoms with van der Waals surface area (Å²) in [5, 5.41) is 2.95. The van der Waals surface area contributed by atoms with E-state index in [1.165, 1.54) is 12.1 Å². The molecular weight excluding hydrogens is 219 g/mol. The molecule has 0 amide bonds. The molecule has 0 aliphatic carbocycles. The van der Waals surface area contributed by atoms with Crippen LogP contribution in [0.1, 0.15) is 0 Å². The molecule has 2 rings (SSSR count). The lowest BCUT2D eigenvalue weighted by molar-refractivity contribution is 0.415. The molecule has 0 bridgehead atoms. The monoisotopic (exact) mass is 232 g/mol. The lowest BCUT2D eigenvalue weighted by atomic mass is 10.2. The summed E-state index contributed by atoms with van der Waals surface area (Å²) >= 11 is 0. The van der Waals surface area contributed by atoms with Gasteiger partial charge in [-0.05, 0) is 42.5 Å². The molecule has 88 valence electrons. The van der Waals surface area contributed by atoms with E-state index in [1.807, 2.05) is 12.1 Å². The first-order valence-corrected chi connectivity index (χ1v) is 5.15. The summed E-state index contributed by atoms with van der Waals surface area (Å²) in [6.07, 6.45) is 0. The lowest BCUT2D eigenvalue weighted by Gasteiger charge is -2.09. The van der Waals surface area contributed by atoms with Gasteiger partial charge in [0.15, 0.2) is 0 Å². The maximum absolute atomic E-state index is 13.5. The molecule has 0 heterocycles. The third-order valence-corrected chi connectivity index (χ3v) is 2.36. The molecule has 4 heteroatoms. The zero-order valence-electron chi connectivity index (χ0n) is 9.41. The Balaban J connectivity index is 2.22. The number of ether oxygens (including phenoxy) is 1. The predicted octanol–water partition coefficient (Wildman–Crippen LogP) is 3.16. The average molecular weight is 232 g/mol. The molecule has 0 spiro atoms. The van der Waals surface area contributed by atoms with Gasteiger partial charge >= 0.3 is 0 Å². The van der Waals surface area contributed by atoms with Gasteiger partial charge in [-0.25, -0.2) is 4.39 Å². The Bertz CT molecular complexity index is 511. The van der Waals surface area contributed by atoms with Crippen molar-refractivity contribution in [1.29, 1.82) is 0 Å². The van der Waals surface area contributed by atoms with Crippen LogP contribution in [0.4, 0.5) is 21.5 Å². The minimum absolute atomic E-state index is 0.338. The molecule has 0 radical (unpaired) electrons. The largest absolute Gasteiger partial charge is 0.497 e. The molecule has 0 aliphatic heterocycles. The van der Waals surface area contributed by atoms with Crippen LogP contribution in [0.2, 0.25) is 0 Å². The number of rotatable bonds is 3. The van der Waals surface area contributed by atoms with Crippen molar-refractivity contribution in [3.05, 3.63) is 48.3 Å². The number of anilines is 3. The van der Waals surface area contributed by atoms with Gasteiger partial charge in [0.2, 0.25) is 0 Å². The summed E-state index contributed by atoms with van der Waals surface area (Å²) in [6.45, 7) is 0. The number of halogens is 1. The van der Waals surface area contributed by atoms with Crippen LogP contribution in [0.25, 0.3) is 0 Å². The Labute approximate surface area is 99.0 Å². The normalized spacial score (nSPS) is 10.0. The summed E-state index contributed by atoms with van der Waals surface area (Å²) in [4.78, 5) is 0. The topological polar surface area (TPSA) is 47.3 Å². The zero-order valence-corrected chi connectivity index (χ0v) is 9.41. The van der Waals surface area contributed by atoms with Crippen LogP contribution in [0.5, 0.6) is 5.75 Å². The smallest absolute Gasteiger partial charge is 0.146 e. The molecule has 3 nitrogen and oxygen atoms in total. The number of nitrogens with one attached hydrogen (secondary N) is 1. The van der Waals surface area contributed by atoms with Crippen molar-refractivity contribution in [3.8, 4) is 5.75 Å². The Morgan fingerprint density at radius 3 is 2.47 bits per heavy atom. The molecule has 0 fully saturated rings. The highest BCUT2D eigenvalue weighted by Crippen LogP contribution is 2.23. The fourth-order valence-electron chi connectivity index (χ4n) is 1.47. The zero-order chi connectivity index (χ0) is 12.3. The number of nitrogen functional groups attached to an aromatic ring is 1. The van der Waals surface area contributed by atoms with Gasteiger partial charge in [0.05, 0.1) is 12.8 Å². The summed E-state index contributed by atoms with van der Waals surface area (Å²) in [5.74, 6) is 0.415. The van der Waals surface area contributed by atoms with E-state index in [-0.39, 0.29) is 5.82 Å². The lowest BCUT2D eigenvalue weighted by Crippen LogP contribution is -1.95. The van der Waals surface area contributed by atoms with Crippen molar-refractivity contribution in [3.63, 3.8) is 0 Å². The van der Waals surface area contributed by atoms with E-state index in [0.29, 0.717) is 11.4 Å². The molecular formula is C13H13FN2O. The Kier molecular flexibility index (Phi) is 3.14. The van der Waals surface area contributed by atoms with Crippen LogP contribution in [0.3, 0.4) is 0 Å². The predicted molar refractivity (Wildman–Crippen MR) is 67.1 cm³/mol. The van der Waals surface area contributed by atoms with Gasteiger partial charge < -0.3 is 15.8 Å². The number of hydrogen-bond donors (Lipinski definition) is 2. The third-order valence-electron chi connectivity index (χ3n) is 2.36. The van der Waals surface area contributed by atoms with Crippen LogP contribution in [0.15, 0.2) is 42.5 Å². The van der Waals surface area contributed by atoms with Crippen LogP contribution >= 0.6 is 0 Å². The first-order valence-electron chi connectivity index (χ1n) is 5.15. The number of nitrogens with two attached hydrogens (primary N) is 1. The van der Waals surface area contributed by atoms with Gasteiger partial charge in [0.1, 0.15) is 11.6 Å². The van der Waals surface area contributed by atoms with E-state index in [2.05, 4.69) is 5.32 Å². The van der Waals surface area contributed by atoms with Crippen LogP contribution in [-0.2, 0) is 0 Å². The molecule has 2 aromatic rings. The van der Waals surface area contributed by atoms with Crippen molar-refractivity contribution < 1.29 is 9.13 Å². The minimum atomic E-state index is -0.338. The van der Waals surface area contributed by atoms with Gasteiger partial charge in [-0.3, -0.25) is 0 Å². The summed E-state index contributed by atoms with van der Waals surface area (Å²) in [7, 11) is 1.60. The second kappa shape index (κ2) is 4.74. The van der Waals surface area contributed by atoms with Gasteiger partial charge in [0, 0.05) is 11.4 Å². The number of methoxy groups -OCH3 is 1. The van der Waals surface area contributed by atoms with Crippen LogP contribution in [0, 0.1) is 5.82 Å². The second-order valence-electron chi connectivity index (χ2n) is 3.59. The van der Waals surface area contributed by atoms with Crippen molar-refractivity contribution >= 4 is 17.1 Å². The molecule has 0 atom stereocenters. The SMILES string of the molecule is COc1ccc(Nc2cc(N)ccc2F)cc1. The number of hydrogen-bond acceptors (Lipinski definition) is 3. The first kappa shape index (κ1) is 11.3. The Morgan fingerprint density at radius 2 is 1.82 bits per heavy atom. The summed E-state index contributed by atoms with van der Waals surface area (Å²) in [5.41, 5.74) is 7.25. The van der Waals surface area contributed by atoms with Gasteiger partial charge in [-0.1, -0.05) is 0 Å². The minimum Gasteiger partial charge on any atom is -0.497 e. The summed E-state index contributed by atoms with van der Waals surface area (Å²) in [6, 6.07) is 11.6. The van der Waals surface area contributed by atoms with E-state index >= 15 is 0 Å². The number of benzene rings is 2. The van der Waals surface area contributed by atoms with Gasteiger partial charge in [0.25, 0.3) is 0 Å².